The van der Waals surface area contributed by atoms with Gasteiger partial charge in [0.25, 0.3) is 0 Å². The van der Waals surface area contributed by atoms with Crippen LogP contribution in [-0.4, -0.2) is 58.6 Å². The van der Waals surface area contributed by atoms with Crippen LogP contribution in [0.3, 0.4) is 0 Å². The molecule has 1 saturated heterocycles. The van der Waals surface area contributed by atoms with Crippen molar-refractivity contribution in [2.24, 2.45) is 0 Å². The van der Waals surface area contributed by atoms with Crippen molar-refractivity contribution < 1.29 is 13.6 Å². The standard InChI is InChI=1S/C22H21FN4O2/c23-19-10-4-9-18(16-19)20-24-25-21(29-20)22(28)27-14-12-26(13-15-27)11-5-8-17-6-2-1-3-7-17/h1-10,16H,11-15H2/b8-5+. The molecule has 148 valence electrons. The van der Waals surface area contributed by atoms with Gasteiger partial charge in [-0.3, -0.25) is 9.69 Å². The van der Waals surface area contributed by atoms with Crippen LogP contribution in [-0.2, 0) is 0 Å². The van der Waals surface area contributed by atoms with Crippen molar-refractivity contribution in [2.45, 2.75) is 0 Å². The minimum absolute atomic E-state index is 0.0679. The topological polar surface area (TPSA) is 62.5 Å². The molecule has 2 heterocycles. The molecule has 6 nitrogen and oxygen atoms in total. The fourth-order valence-corrected chi connectivity index (χ4v) is 3.22. The quantitative estimate of drug-likeness (QED) is 0.666. The number of benzene rings is 2. The molecule has 1 fully saturated rings. The predicted octanol–water partition coefficient (Wildman–Crippen LogP) is 3.35. The van der Waals surface area contributed by atoms with Crippen LogP contribution in [0.2, 0.25) is 0 Å². The molecular weight excluding hydrogens is 371 g/mol. The highest BCUT2D eigenvalue weighted by Gasteiger charge is 2.26. The molecule has 0 saturated carbocycles. The number of carbonyl (C=O) groups is 1. The number of aromatic nitrogens is 2. The molecule has 1 aromatic heterocycles. The van der Waals surface area contributed by atoms with E-state index in [0.29, 0.717) is 18.7 Å². The van der Waals surface area contributed by atoms with E-state index in [1.54, 1.807) is 17.0 Å². The Labute approximate surface area is 168 Å². The number of piperazine rings is 1. The molecule has 1 amide bonds. The van der Waals surface area contributed by atoms with Gasteiger partial charge in [0.1, 0.15) is 5.82 Å². The van der Waals surface area contributed by atoms with Crippen molar-refractivity contribution >= 4 is 12.0 Å². The monoisotopic (exact) mass is 392 g/mol. The second-order valence-corrected chi connectivity index (χ2v) is 6.83. The first-order valence-electron chi connectivity index (χ1n) is 9.52. The fraction of sp³-hybridized carbons (Fsp3) is 0.227. The number of nitrogens with zero attached hydrogens (tertiary/aromatic N) is 4. The van der Waals surface area contributed by atoms with Gasteiger partial charge in [0, 0.05) is 38.3 Å². The summed E-state index contributed by atoms with van der Waals surface area (Å²) < 4.78 is 18.8. The van der Waals surface area contributed by atoms with Gasteiger partial charge in [-0.05, 0) is 23.8 Å². The van der Waals surface area contributed by atoms with E-state index in [2.05, 4.69) is 39.4 Å². The second-order valence-electron chi connectivity index (χ2n) is 6.83. The smallest absolute Gasteiger partial charge is 0.311 e. The summed E-state index contributed by atoms with van der Waals surface area (Å²) in [5, 5.41) is 7.72. The first-order valence-corrected chi connectivity index (χ1v) is 9.52. The van der Waals surface area contributed by atoms with E-state index >= 15 is 0 Å². The number of rotatable bonds is 5. The zero-order valence-electron chi connectivity index (χ0n) is 15.9. The zero-order valence-corrected chi connectivity index (χ0v) is 15.9. The molecule has 1 aliphatic rings. The summed E-state index contributed by atoms with van der Waals surface area (Å²) >= 11 is 0. The molecule has 7 heteroatoms. The summed E-state index contributed by atoms with van der Waals surface area (Å²) in [7, 11) is 0. The van der Waals surface area contributed by atoms with Crippen molar-refractivity contribution in [3.63, 3.8) is 0 Å². The Morgan fingerprint density at radius 2 is 1.83 bits per heavy atom. The summed E-state index contributed by atoms with van der Waals surface area (Å²) in [5.74, 6) is -0.620. The fourth-order valence-electron chi connectivity index (χ4n) is 3.22. The number of hydrogen-bond acceptors (Lipinski definition) is 5. The van der Waals surface area contributed by atoms with Gasteiger partial charge in [0.2, 0.25) is 5.89 Å². The first-order chi connectivity index (χ1) is 14.2. The summed E-state index contributed by atoms with van der Waals surface area (Å²) in [6, 6.07) is 16.0. The van der Waals surface area contributed by atoms with E-state index in [9.17, 15) is 9.18 Å². The lowest BCUT2D eigenvalue weighted by molar-refractivity contribution is 0.0612. The highest BCUT2D eigenvalue weighted by Crippen LogP contribution is 2.19. The molecule has 0 spiro atoms. The highest BCUT2D eigenvalue weighted by molar-refractivity contribution is 5.89. The Morgan fingerprint density at radius 3 is 2.59 bits per heavy atom. The number of hydrogen-bond donors (Lipinski definition) is 0. The van der Waals surface area contributed by atoms with E-state index in [4.69, 9.17) is 4.42 Å². The van der Waals surface area contributed by atoms with Gasteiger partial charge < -0.3 is 9.32 Å². The van der Waals surface area contributed by atoms with Crippen LogP contribution in [0.1, 0.15) is 16.2 Å². The maximum absolute atomic E-state index is 13.4. The largest absolute Gasteiger partial charge is 0.412 e. The van der Waals surface area contributed by atoms with Crippen molar-refractivity contribution in [2.75, 3.05) is 32.7 Å². The lowest BCUT2D eigenvalue weighted by Gasteiger charge is -2.33. The van der Waals surface area contributed by atoms with Crippen LogP contribution in [0.4, 0.5) is 4.39 Å². The summed E-state index contributed by atoms with van der Waals surface area (Å²) in [4.78, 5) is 16.6. The van der Waals surface area contributed by atoms with Gasteiger partial charge in [-0.15, -0.1) is 10.2 Å². The van der Waals surface area contributed by atoms with Gasteiger partial charge in [0.15, 0.2) is 0 Å². The van der Waals surface area contributed by atoms with Gasteiger partial charge in [-0.1, -0.05) is 48.6 Å². The van der Waals surface area contributed by atoms with Crippen molar-refractivity contribution in [3.05, 3.63) is 77.9 Å². The predicted molar refractivity (Wildman–Crippen MR) is 108 cm³/mol. The number of carbonyl (C=O) groups excluding carboxylic acids is 1. The van der Waals surface area contributed by atoms with Gasteiger partial charge in [-0.2, -0.15) is 0 Å². The molecule has 0 bridgehead atoms. The van der Waals surface area contributed by atoms with Crippen LogP contribution in [0, 0.1) is 5.82 Å². The number of amides is 1. The minimum Gasteiger partial charge on any atom is -0.412 e. The maximum atomic E-state index is 13.4. The molecule has 4 rings (SSSR count). The Kier molecular flexibility index (Phi) is 5.76. The molecule has 0 aliphatic carbocycles. The first kappa shape index (κ1) is 19.0. The van der Waals surface area contributed by atoms with Gasteiger partial charge in [-0.25, -0.2) is 4.39 Å². The van der Waals surface area contributed by atoms with E-state index in [-0.39, 0.29) is 17.7 Å². The third kappa shape index (κ3) is 4.75. The molecular formula is C22H21FN4O2. The van der Waals surface area contributed by atoms with Crippen LogP contribution in [0.5, 0.6) is 0 Å². The van der Waals surface area contributed by atoms with E-state index < -0.39 is 5.82 Å². The van der Waals surface area contributed by atoms with Crippen LogP contribution >= 0.6 is 0 Å². The molecule has 0 atom stereocenters. The lowest BCUT2D eigenvalue weighted by Crippen LogP contribution is -2.48. The maximum Gasteiger partial charge on any atom is 0.311 e. The Balaban J connectivity index is 1.31. The highest BCUT2D eigenvalue weighted by atomic mass is 19.1. The van der Waals surface area contributed by atoms with Crippen LogP contribution < -0.4 is 0 Å². The molecule has 2 aromatic carbocycles. The van der Waals surface area contributed by atoms with Gasteiger partial charge >= 0.3 is 11.8 Å². The molecule has 0 unspecified atom stereocenters. The number of halogens is 1. The Bertz CT molecular complexity index is 995. The summed E-state index contributed by atoms with van der Waals surface area (Å²) in [6.45, 7) is 3.57. The van der Waals surface area contributed by atoms with Crippen LogP contribution in [0.25, 0.3) is 17.5 Å². The molecule has 3 aromatic rings. The Morgan fingerprint density at radius 1 is 1.03 bits per heavy atom. The average Bonchev–Trinajstić information content (AvgIpc) is 3.25. The van der Waals surface area contributed by atoms with E-state index in [1.807, 2.05) is 18.2 Å². The molecule has 0 N–H and O–H groups in total. The summed E-state index contributed by atoms with van der Waals surface area (Å²) in [6.07, 6.45) is 4.24. The minimum atomic E-state index is -0.397. The Hall–Kier alpha value is -3.32. The van der Waals surface area contributed by atoms with Crippen molar-refractivity contribution in [1.82, 2.24) is 20.0 Å². The average molecular weight is 392 g/mol. The summed E-state index contributed by atoms with van der Waals surface area (Å²) in [5.41, 5.74) is 1.62. The van der Waals surface area contributed by atoms with Crippen molar-refractivity contribution in [1.29, 1.82) is 0 Å². The van der Waals surface area contributed by atoms with E-state index in [1.165, 1.54) is 17.7 Å². The third-order valence-electron chi connectivity index (χ3n) is 4.81. The molecule has 1 aliphatic heterocycles. The normalized spacial score (nSPS) is 15.1. The molecule has 0 radical (unpaired) electrons. The zero-order chi connectivity index (χ0) is 20.1. The SMILES string of the molecule is O=C(c1nnc(-c2cccc(F)c2)o1)N1CCN(C/C=C/c2ccccc2)CC1. The molecule has 29 heavy (non-hydrogen) atoms. The van der Waals surface area contributed by atoms with E-state index in [0.717, 1.165) is 19.6 Å². The van der Waals surface area contributed by atoms with Gasteiger partial charge in [0.05, 0.1) is 0 Å². The van der Waals surface area contributed by atoms with Crippen molar-refractivity contribution in [3.8, 4) is 11.5 Å². The van der Waals surface area contributed by atoms with Crippen LogP contribution in [0.15, 0.2) is 65.1 Å². The lowest BCUT2D eigenvalue weighted by atomic mass is 10.2. The second kappa shape index (κ2) is 8.79. The third-order valence-corrected chi connectivity index (χ3v) is 4.81.